The van der Waals surface area contributed by atoms with Crippen molar-refractivity contribution in [2.45, 2.75) is 143 Å². The first-order chi connectivity index (χ1) is 34.3. The molecular weight excluding hydrogens is 941 g/mol. The number of fused-ring (bicyclic) bond motifs is 1. The molecule has 21 heteroatoms. The van der Waals surface area contributed by atoms with Crippen LogP contribution in [0.1, 0.15) is 116 Å². The monoisotopic (exact) mass is 1010 g/mol. The topological polar surface area (TPSA) is 278 Å². The summed E-state index contributed by atoms with van der Waals surface area (Å²) in [4.78, 5) is 69.2. The number of benzene rings is 1. The van der Waals surface area contributed by atoms with Gasteiger partial charge in [0.2, 0.25) is 23.6 Å². The highest BCUT2D eigenvalue weighted by Gasteiger charge is 2.44. The van der Waals surface area contributed by atoms with Crippen molar-refractivity contribution in [1.29, 1.82) is 0 Å². The number of likely N-dealkylation sites (tertiary alicyclic amines) is 1. The van der Waals surface area contributed by atoms with Crippen molar-refractivity contribution in [3.63, 3.8) is 0 Å². The molecule has 4 amide bonds. The Morgan fingerprint density at radius 3 is 2.38 bits per heavy atom. The zero-order valence-electron chi connectivity index (χ0n) is 42.5. The number of pyridine rings is 1. The first-order valence-electron chi connectivity index (χ1n) is 24.7. The lowest BCUT2D eigenvalue weighted by Gasteiger charge is -2.35. The van der Waals surface area contributed by atoms with Gasteiger partial charge in [-0.2, -0.15) is 0 Å². The van der Waals surface area contributed by atoms with Gasteiger partial charge in [-0.3, -0.25) is 19.2 Å². The summed E-state index contributed by atoms with van der Waals surface area (Å²) in [5.41, 5.74) is 10.6. The SMILES string of the molecule is CCn1c(-c2nonc2N)nc2c(C#CC(C)(C)O)ncc(OCCCNCCCC(=O)NCCCCCCC(=O)N[C@H](C(=O)N3C[C@H](O)C[C@H]3C(=O)NCc3ccc(-c4scnc4C)cc3)C(C)(C)C)c21. The van der Waals surface area contributed by atoms with E-state index in [9.17, 15) is 29.4 Å². The Hall–Kier alpha value is -6.47. The highest BCUT2D eigenvalue weighted by molar-refractivity contribution is 7.13. The number of carbonyl (C=O) groups is 4. The van der Waals surface area contributed by atoms with Crippen LogP contribution in [0, 0.1) is 24.2 Å². The number of nitrogens with two attached hydrogens (primary N) is 1. The predicted octanol–water partition coefficient (Wildman–Crippen LogP) is 4.65. The van der Waals surface area contributed by atoms with Crippen molar-refractivity contribution >= 4 is 51.8 Å². The van der Waals surface area contributed by atoms with E-state index in [1.165, 1.54) is 4.90 Å². The minimum atomic E-state index is -1.23. The molecule has 1 aromatic carbocycles. The van der Waals surface area contributed by atoms with Crippen molar-refractivity contribution in [2.75, 3.05) is 38.5 Å². The third kappa shape index (κ3) is 15.0. The highest BCUT2D eigenvalue weighted by atomic mass is 32.1. The number of unbranched alkanes of at least 4 members (excludes halogenated alkanes) is 3. The quantitative estimate of drug-likeness (QED) is 0.0327. The number of ether oxygens (including phenoxy) is 1. The average molecular weight is 1010 g/mol. The molecule has 3 atom stereocenters. The molecule has 0 bridgehead atoms. The van der Waals surface area contributed by atoms with Gasteiger partial charge in [-0.25, -0.2) is 19.6 Å². The van der Waals surface area contributed by atoms with Gasteiger partial charge in [-0.1, -0.05) is 63.8 Å². The standard InChI is InChI=1S/C51H70N12O8S/c1-8-62-43-38(29-55-36(21-22-51(6,7)69)41(43)59-47(62)42-46(52)61-71-60-42)70-26-14-24-53-23-13-16-39(65)54-25-12-10-9-11-15-40(66)58-45(50(3,4)5)49(68)63-30-35(64)27-37(63)48(67)56-28-33-17-19-34(20-18-33)44-32(2)57-31-72-44/h17-20,29,31,35,37,45,53,64,69H,8-16,23-28,30H2,1-7H3,(H2,52,61)(H,54,65)(H,56,67)(H,58,66)/t35-,37+,45-/m1/s1. The fourth-order valence-electron chi connectivity index (χ4n) is 8.33. The number of aryl methyl sites for hydroxylation is 2. The van der Waals surface area contributed by atoms with Crippen molar-refractivity contribution in [2.24, 2.45) is 5.41 Å². The van der Waals surface area contributed by atoms with E-state index in [4.69, 9.17) is 20.1 Å². The molecule has 1 aliphatic heterocycles. The Morgan fingerprint density at radius 2 is 1.69 bits per heavy atom. The number of nitrogen functional groups attached to an aromatic ring is 1. The fraction of sp³-hybridized carbons (Fsp3) is 0.549. The Kier molecular flexibility index (Phi) is 19.2. The molecule has 0 radical (unpaired) electrons. The van der Waals surface area contributed by atoms with Crippen LogP contribution in [0.15, 0.2) is 40.6 Å². The van der Waals surface area contributed by atoms with Crippen LogP contribution in [0.25, 0.3) is 33.0 Å². The molecule has 0 aliphatic carbocycles. The van der Waals surface area contributed by atoms with Crippen LogP contribution in [-0.4, -0.2) is 125 Å². The van der Waals surface area contributed by atoms with Gasteiger partial charge in [0.15, 0.2) is 23.1 Å². The molecule has 1 saturated heterocycles. The number of nitrogens with zero attached hydrogens (tertiary/aromatic N) is 7. The number of nitrogens with one attached hydrogen (secondary N) is 4. The fourth-order valence-corrected chi connectivity index (χ4v) is 9.15. The molecule has 0 saturated carbocycles. The number of rotatable bonds is 24. The first kappa shape index (κ1) is 54.9. The minimum absolute atomic E-state index is 0.00698. The summed E-state index contributed by atoms with van der Waals surface area (Å²) in [5, 5.41) is 40.6. The van der Waals surface area contributed by atoms with Crippen LogP contribution >= 0.6 is 11.3 Å². The summed E-state index contributed by atoms with van der Waals surface area (Å²) in [7, 11) is 0. The first-order valence-corrected chi connectivity index (χ1v) is 25.6. The van der Waals surface area contributed by atoms with Gasteiger partial charge in [-0.15, -0.1) is 11.3 Å². The second-order valence-electron chi connectivity index (χ2n) is 19.7. The second kappa shape index (κ2) is 25.3. The third-order valence-corrected chi connectivity index (χ3v) is 13.1. The third-order valence-electron chi connectivity index (χ3n) is 12.1. The molecule has 20 nitrogen and oxygen atoms in total. The zero-order valence-corrected chi connectivity index (χ0v) is 43.3. The largest absolute Gasteiger partial charge is 0.490 e. The van der Waals surface area contributed by atoms with Crippen LogP contribution in [-0.2, 0) is 32.3 Å². The number of thiazole rings is 1. The maximum absolute atomic E-state index is 14.0. The van der Waals surface area contributed by atoms with Crippen LogP contribution in [0.3, 0.4) is 0 Å². The Labute approximate surface area is 424 Å². The van der Waals surface area contributed by atoms with E-state index >= 15 is 0 Å². The molecule has 72 heavy (non-hydrogen) atoms. The molecule has 4 aromatic heterocycles. The summed E-state index contributed by atoms with van der Waals surface area (Å²) in [6.07, 6.45) is 5.84. The van der Waals surface area contributed by atoms with Crippen LogP contribution < -0.4 is 31.7 Å². The molecule has 8 N–H and O–H groups in total. The molecule has 6 rings (SSSR count). The molecule has 0 spiro atoms. The maximum Gasteiger partial charge on any atom is 0.246 e. The Bertz CT molecular complexity index is 2690. The number of hydrogen-bond donors (Lipinski definition) is 7. The van der Waals surface area contributed by atoms with Crippen molar-refractivity contribution < 1.29 is 38.8 Å². The predicted molar refractivity (Wildman–Crippen MR) is 274 cm³/mol. The van der Waals surface area contributed by atoms with Crippen LogP contribution in [0.5, 0.6) is 5.75 Å². The summed E-state index contributed by atoms with van der Waals surface area (Å²) in [6.45, 7) is 15.7. The molecule has 1 fully saturated rings. The molecular formula is C51H70N12O8S. The van der Waals surface area contributed by atoms with E-state index in [0.29, 0.717) is 86.8 Å². The van der Waals surface area contributed by atoms with Gasteiger partial charge in [0.1, 0.15) is 34.4 Å². The van der Waals surface area contributed by atoms with Crippen LogP contribution in [0.2, 0.25) is 0 Å². The number of carbonyl (C=O) groups excluding carboxylic acids is 4. The summed E-state index contributed by atoms with van der Waals surface area (Å²) in [6, 6.07) is 6.14. The lowest BCUT2D eigenvalue weighted by atomic mass is 9.85. The number of amides is 4. The molecule has 388 valence electrons. The Morgan fingerprint density at radius 1 is 0.958 bits per heavy atom. The number of β-amino-alcohol motifs (C(OH)–C–C–N with tert-alkyl or cyclic N) is 1. The molecule has 5 heterocycles. The van der Waals surface area contributed by atoms with E-state index in [1.807, 2.05) is 69.0 Å². The lowest BCUT2D eigenvalue weighted by Crippen LogP contribution is -2.57. The molecule has 0 unspecified atom stereocenters. The highest BCUT2D eigenvalue weighted by Crippen LogP contribution is 2.34. The molecule has 1 aliphatic rings. The van der Waals surface area contributed by atoms with Crippen molar-refractivity contribution in [1.82, 2.24) is 56.0 Å². The molecule has 5 aromatic rings. The van der Waals surface area contributed by atoms with Gasteiger partial charge in [-0.05, 0) is 99.2 Å². The van der Waals surface area contributed by atoms with Gasteiger partial charge < -0.3 is 51.4 Å². The maximum atomic E-state index is 14.0. The average Bonchev–Trinajstić information content (AvgIpc) is 4.15. The summed E-state index contributed by atoms with van der Waals surface area (Å²) >= 11 is 1.57. The lowest BCUT2D eigenvalue weighted by molar-refractivity contribution is -0.144. The van der Waals surface area contributed by atoms with Crippen molar-refractivity contribution in [3.05, 3.63) is 52.9 Å². The normalized spacial score (nSPS) is 15.3. The van der Waals surface area contributed by atoms with E-state index in [1.54, 1.807) is 31.4 Å². The Balaban J connectivity index is 0.842. The van der Waals surface area contributed by atoms with E-state index < -0.39 is 35.1 Å². The number of imidazole rings is 1. The zero-order chi connectivity index (χ0) is 52.0. The van der Waals surface area contributed by atoms with E-state index in [2.05, 4.69) is 53.4 Å². The number of anilines is 1. The number of aliphatic hydroxyl groups is 2. The van der Waals surface area contributed by atoms with Gasteiger partial charge in [0.05, 0.1) is 35.0 Å². The van der Waals surface area contributed by atoms with E-state index in [-0.39, 0.29) is 55.2 Å². The number of aromatic nitrogens is 6. The van der Waals surface area contributed by atoms with Crippen molar-refractivity contribution in [3.8, 4) is 39.5 Å². The summed E-state index contributed by atoms with van der Waals surface area (Å²) in [5.74, 6) is 5.74. The van der Waals surface area contributed by atoms with Gasteiger partial charge in [0.25, 0.3) is 0 Å². The van der Waals surface area contributed by atoms with E-state index in [0.717, 1.165) is 41.0 Å². The van der Waals surface area contributed by atoms with Gasteiger partial charge in [0, 0.05) is 45.4 Å². The second-order valence-corrected chi connectivity index (χ2v) is 20.5. The summed E-state index contributed by atoms with van der Waals surface area (Å²) < 4.78 is 12.9. The number of hydrogen-bond acceptors (Lipinski definition) is 16. The van der Waals surface area contributed by atoms with Gasteiger partial charge >= 0.3 is 0 Å². The number of aliphatic hydroxyl groups excluding tert-OH is 1. The smallest absolute Gasteiger partial charge is 0.246 e. The van der Waals surface area contributed by atoms with Crippen LogP contribution in [0.4, 0.5) is 5.82 Å². The minimum Gasteiger partial charge on any atom is -0.490 e.